The molecule has 3 N–H and O–H groups in total. The Balaban J connectivity index is 1.85. The first kappa shape index (κ1) is 11.5. The van der Waals surface area contributed by atoms with E-state index in [2.05, 4.69) is 11.1 Å². The average Bonchev–Trinajstić information content (AvgIpc) is 2.99. The van der Waals surface area contributed by atoms with E-state index in [1.165, 1.54) is 0 Å². The van der Waals surface area contributed by atoms with Crippen LogP contribution in [0.5, 0.6) is 0 Å². The summed E-state index contributed by atoms with van der Waals surface area (Å²) in [5, 5.41) is 14.0. The lowest BCUT2D eigenvalue weighted by molar-refractivity contribution is -0.112. The van der Waals surface area contributed by atoms with Crippen LogP contribution in [0.2, 0.25) is 0 Å². The molecule has 1 heterocycles. The van der Waals surface area contributed by atoms with Gasteiger partial charge in [-0.2, -0.15) is 0 Å². The molecule has 1 amide bonds. The number of carbonyl (C=O) groups is 1. The molecule has 3 aliphatic rings. The monoisotopic (exact) mass is 248 g/mol. The number of fused-ring (bicyclic) bond motifs is 5. The Morgan fingerprint density at radius 3 is 3.00 bits per heavy atom. The van der Waals surface area contributed by atoms with Gasteiger partial charge in [-0.05, 0) is 25.7 Å². The molecule has 0 aromatic heterocycles. The minimum Gasteiger partial charge on any atom is -0.391 e. The quantitative estimate of drug-likeness (QED) is 0.668. The summed E-state index contributed by atoms with van der Waals surface area (Å²) < 4.78 is 0. The maximum Gasteiger partial charge on any atom is 0.266 e. The second-order valence-corrected chi connectivity index (χ2v) is 5.73. The van der Waals surface area contributed by atoms with Crippen LogP contribution in [0.1, 0.15) is 19.8 Å². The minimum absolute atomic E-state index is 0.00248. The number of nitrogens with zero attached hydrogens (tertiary/aromatic N) is 1. The lowest BCUT2D eigenvalue weighted by atomic mass is 9.72. The highest BCUT2D eigenvalue weighted by molar-refractivity contribution is 6.39. The standard InChI is InChI=1S/C13H16N2O3/c1-3-13(2,17)8-5-6-4-7(8)11-9(6)10(12(14)16)15-18-11/h1,6-9,11,17H,4-5H2,2H3,(H2,14,16)/t6-,7-,8-,9+,11+,13+/m1/s1. The molecule has 0 aromatic rings. The molecule has 0 spiro atoms. The third kappa shape index (κ3) is 1.33. The van der Waals surface area contributed by atoms with Crippen molar-refractivity contribution in [2.45, 2.75) is 31.5 Å². The van der Waals surface area contributed by atoms with Crippen molar-refractivity contribution in [2.75, 3.05) is 0 Å². The predicted octanol–water partition coefficient (Wildman–Crippen LogP) is -0.117. The van der Waals surface area contributed by atoms with Gasteiger partial charge in [-0.1, -0.05) is 11.1 Å². The van der Waals surface area contributed by atoms with Crippen LogP contribution < -0.4 is 5.73 Å². The summed E-state index contributed by atoms with van der Waals surface area (Å²) in [6.45, 7) is 1.66. The molecule has 2 saturated carbocycles. The third-order valence-corrected chi connectivity index (χ3v) is 4.79. The summed E-state index contributed by atoms with van der Waals surface area (Å²) in [7, 11) is 0. The van der Waals surface area contributed by atoms with Crippen molar-refractivity contribution >= 4 is 11.6 Å². The second-order valence-electron chi connectivity index (χ2n) is 5.73. The molecule has 6 atom stereocenters. The van der Waals surface area contributed by atoms with Crippen molar-refractivity contribution < 1.29 is 14.7 Å². The van der Waals surface area contributed by atoms with Crippen molar-refractivity contribution in [3.63, 3.8) is 0 Å². The smallest absolute Gasteiger partial charge is 0.266 e. The Labute approximate surface area is 105 Å². The van der Waals surface area contributed by atoms with Gasteiger partial charge >= 0.3 is 0 Å². The Kier molecular flexibility index (Phi) is 2.23. The Morgan fingerprint density at radius 1 is 1.67 bits per heavy atom. The largest absolute Gasteiger partial charge is 0.391 e. The molecule has 0 unspecified atom stereocenters. The van der Waals surface area contributed by atoms with E-state index in [-0.39, 0.29) is 23.9 Å². The molecule has 0 radical (unpaired) electrons. The van der Waals surface area contributed by atoms with Crippen LogP contribution in [0, 0.1) is 36.0 Å². The zero-order chi connectivity index (χ0) is 13.1. The number of hydrogen-bond acceptors (Lipinski definition) is 4. The van der Waals surface area contributed by atoms with E-state index in [0.29, 0.717) is 11.6 Å². The predicted molar refractivity (Wildman–Crippen MR) is 64.2 cm³/mol. The summed E-state index contributed by atoms with van der Waals surface area (Å²) in [6.07, 6.45) is 6.97. The fraction of sp³-hybridized carbons (Fsp3) is 0.692. The fourth-order valence-corrected chi connectivity index (χ4v) is 3.97. The van der Waals surface area contributed by atoms with E-state index < -0.39 is 11.5 Å². The van der Waals surface area contributed by atoms with Crippen LogP contribution in [0.3, 0.4) is 0 Å². The van der Waals surface area contributed by atoms with Crippen LogP contribution >= 0.6 is 0 Å². The number of amides is 1. The first-order valence-corrected chi connectivity index (χ1v) is 6.19. The first-order chi connectivity index (χ1) is 8.45. The maximum absolute atomic E-state index is 11.3. The van der Waals surface area contributed by atoms with Gasteiger partial charge in [-0.25, -0.2) is 0 Å². The molecule has 2 fully saturated rings. The fourth-order valence-electron chi connectivity index (χ4n) is 3.97. The van der Waals surface area contributed by atoms with E-state index in [1.54, 1.807) is 6.92 Å². The van der Waals surface area contributed by atoms with Crippen LogP contribution in [0.4, 0.5) is 0 Å². The molecule has 96 valence electrons. The van der Waals surface area contributed by atoms with E-state index in [4.69, 9.17) is 17.0 Å². The van der Waals surface area contributed by atoms with Gasteiger partial charge in [-0.15, -0.1) is 6.42 Å². The SMILES string of the molecule is C#C[C@](C)(O)[C@@H]1C[C@H]2C[C@H]1[C@@H]1ON=C(C(N)=O)[C@H]21. The highest BCUT2D eigenvalue weighted by Gasteiger charge is 2.62. The number of hydrogen-bond donors (Lipinski definition) is 2. The van der Waals surface area contributed by atoms with Crippen LogP contribution in [0.25, 0.3) is 0 Å². The number of aliphatic hydroxyl groups is 1. The Hall–Kier alpha value is -1.54. The van der Waals surface area contributed by atoms with Crippen molar-refractivity contribution in [2.24, 2.45) is 34.6 Å². The third-order valence-electron chi connectivity index (χ3n) is 4.79. The molecule has 2 bridgehead atoms. The second kappa shape index (κ2) is 3.48. The van der Waals surface area contributed by atoms with Gasteiger partial charge in [0.2, 0.25) is 0 Å². The molecular weight excluding hydrogens is 232 g/mol. The van der Waals surface area contributed by atoms with Crippen molar-refractivity contribution in [1.82, 2.24) is 0 Å². The van der Waals surface area contributed by atoms with Gasteiger partial charge < -0.3 is 15.7 Å². The minimum atomic E-state index is -1.12. The highest BCUT2D eigenvalue weighted by Crippen LogP contribution is 2.57. The molecule has 0 aromatic carbocycles. The lowest BCUT2D eigenvalue weighted by Crippen LogP contribution is -2.45. The molecule has 18 heavy (non-hydrogen) atoms. The highest BCUT2D eigenvalue weighted by atomic mass is 16.6. The lowest BCUT2D eigenvalue weighted by Gasteiger charge is -2.36. The van der Waals surface area contributed by atoms with E-state index in [1.807, 2.05) is 0 Å². The number of rotatable bonds is 2. The molecule has 1 aliphatic heterocycles. The normalized spacial score (nSPS) is 43.6. The number of primary amides is 1. The Morgan fingerprint density at radius 2 is 2.39 bits per heavy atom. The molecule has 3 rings (SSSR count). The summed E-state index contributed by atoms with van der Waals surface area (Å²) >= 11 is 0. The number of oxime groups is 1. The number of nitrogens with two attached hydrogens (primary N) is 1. The Bertz CT molecular complexity index is 477. The van der Waals surface area contributed by atoms with Gasteiger partial charge in [0.15, 0.2) is 5.71 Å². The summed E-state index contributed by atoms with van der Waals surface area (Å²) in [5.41, 5.74) is 4.53. The van der Waals surface area contributed by atoms with E-state index >= 15 is 0 Å². The zero-order valence-electron chi connectivity index (χ0n) is 10.2. The van der Waals surface area contributed by atoms with Crippen LogP contribution in [-0.2, 0) is 9.63 Å². The van der Waals surface area contributed by atoms with Crippen LogP contribution in [0.15, 0.2) is 5.16 Å². The molecule has 5 heteroatoms. The summed E-state index contributed by atoms with van der Waals surface area (Å²) in [5.74, 6) is 2.41. The molecular formula is C13H16N2O3. The van der Waals surface area contributed by atoms with Gasteiger partial charge in [0, 0.05) is 11.8 Å². The zero-order valence-corrected chi connectivity index (χ0v) is 10.2. The van der Waals surface area contributed by atoms with E-state index in [0.717, 1.165) is 12.8 Å². The van der Waals surface area contributed by atoms with Gasteiger partial charge in [0.05, 0.1) is 5.92 Å². The van der Waals surface area contributed by atoms with Gasteiger partial charge in [-0.3, -0.25) is 4.79 Å². The number of terminal acetylenes is 1. The number of carbonyl (C=O) groups excluding carboxylic acids is 1. The van der Waals surface area contributed by atoms with Crippen molar-refractivity contribution in [1.29, 1.82) is 0 Å². The van der Waals surface area contributed by atoms with Crippen molar-refractivity contribution in [3.8, 4) is 12.3 Å². The molecule has 0 saturated heterocycles. The molecule has 2 aliphatic carbocycles. The van der Waals surface area contributed by atoms with Crippen molar-refractivity contribution in [3.05, 3.63) is 0 Å². The van der Waals surface area contributed by atoms with Gasteiger partial charge in [0.1, 0.15) is 11.7 Å². The van der Waals surface area contributed by atoms with E-state index in [9.17, 15) is 9.90 Å². The van der Waals surface area contributed by atoms with Gasteiger partial charge in [0.25, 0.3) is 5.91 Å². The topological polar surface area (TPSA) is 84.9 Å². The average molecular weight is 248 g/mol. The summed E-state index contributed by atoms with van der Waals surface area (Å²) in [6, 6.07) is 0. The molecule has 5 nitrogen and oxygen atoms in total. The van der Waals surface area contributed by atoms with Crippen LogP contribution in [-0.4, -0.2) is 28.4 Å². The maximum atomic E-state index is 11.3. The summed E-state index contributed by atoms with van der Waals surface area (Å²) in [4.78, 5) is 16.6. The first-order valence-electron chi connectivity index (χ1n) is 6.19.